The van der Waals surface area contributed by atoms with Gasteiger partial charge in [-0.05, 0) is 83.8 Å². The van der Waals surface area contributed by atoms with E-state index >= 15 is 0 Å². The average molecular weight is 635 g/mol. The van der Waals surface area contributed by atoms with Gasteiger partial charge in [-0.2, -0.15) is 5.26 Å². The van der Waals surface area contributed by atoms with E-state index in [1.165, 1.54) is 0 Å². The minimum Gasteiger partial charge on any atom is -0.489 e. The van der Waals surface area contributed by atoms with Gasteiger partial charge in [0.25, 0.3) is 0 Å². The number of nitriles is 1. The molecule has 0 fully saturated rings. The summed E-state index contributed by atoms with van der Waals surface area (Å²) in [6.07, 6.45) is 4.58. The quantitative estimate of drug-likeness (QED) is 0.147. The zero-order valence-corrected chi connectivity index (χ0v) is 26.4. The fraction of sp³-hybridized carbons (Fsp3) is 0.167. The Hall–Kier alpha value is -5.37. The second-order valence-corrected chi connectivity index (χ2v) is 12.6. The molecule has 9 nitrogen and oxygen atoms in total. The van der Waals surface area contributed by atoms with Crippen molar-refractivity contribution >= 4 is 21.4 Å². The number of rotatable bonds is 13. The zero-order valence-electron chi connectivity index (χ0n) is 25.6. The molecule has 0 bridgehead atoms. The van der Waals surface area contributed by atoms with Crippen LogP contribution in [0.4, 0.5) is 11.4 Å². The summed E-state index contributed by atoms with van der Waals surface area (Å²) in [5.74, 6) is 1.73. The molecule has 0 radical (unpaired) electrons. The van der Waals surface area contributed by atoms with Gasteiger partial charge in [0, 0.05) is 42.8 Å². The second kappa shape index (κ2) is 14.6. The van der Waals surface area contributed by atoms with Crippen LogP contribution in [-0.4, -0.2) is 24.8 Å². The van der Waals surface area contributed by atoms with Gasteiger partial charge in [-0.3, -0.25) is 9.71 Å². The van der Waals surface area contributed by atoms with Gasteiger partial charge in [-0.25, -0.2) is 8.42 Å². The molecule has 5 aromatic rings. The molecular formula is C36H34N4O5S. The molecule has 0 unspecified atom stereocenters. The van der Waals surface area contributed by atoms with Gasteiger partial charge in [0.05, 0.1) is 30.2 Å². The number of aliphatic hydroxyl groups is 1. The van der Waals surface area contributed by atoms with Gasteiger partial charge in [0.1, 0.15) is 23.9 Å². The van der Waals surface area contributed by atoms with E-state index in [2.05, 4.69) is 20.7 Å². The lowest BCUT2D eigenvalue weighted by atomic mass is 10.1. The highest BCUT2D eigenvalue weighted by Gasteiger charge is 2.16. The molecule has 0 amide bonds. The first-order valence-corrected chi connectivity index (χ1v) is 16.4. The Balaban J connectivity index is 1.35. The highest BCUT2D eigenvalue weighted by Crippen LogP contribution is 2.32. The molecule has 0 aliphatic carbocycles. The Morgan fingerprint density at radius 2 is 1.54 bits per heavy atom. The molecule has 0 spiro atoms. The van der Waals surface area contributed by atoms with Crippen molar-refractivity contribution in [2.24, 2.45) is 0 Å². The molecule has 1 aromatic heterocycles. The Kier molecular flexibility index (Phi) is 10.2. The van der Waals surface area contributed by atoms with Crippen LogP contribution in [0.5, 0.6) is 17.2 Å². The summed E-state index contributed by atoms with van der Waals surface area (Å²) in [7, 11) is -3.46. The third-order valence-electron chi connectivity index (χ3n) is 7.18. The van der Waals surface area contributed by atoms with Crippen LogP contribution in [0.3, 0.4) is 0 Å². The van der Waals surface area contributed by atoms with E-state index < -0.39 is 10.0 Å². The predicted octanol–water partition coefficient (Wildman–Crippen LogP) is 6.70. The van der Waals surface area contributed by atoms with Crippen LogP contribution in [0.2, 0.25) is 0 Å². The van der Waals surface area contributed by atoms with Crippen molar-refractivity contribution in [3.05, 3.63) is 143 Å². The lowest BCUT2D eigenvalue weighted by Crippen LogP contribution is -2.23. The number of aliphatic hydroxyl groups excluding tert-OH is 1. The van der Waals surface area contributed by atoms with E-state index in [1.54, 1.807) is 48.8 Å². The molecule has 234 valence electrons. The van der Waals surface area contributed by atoms with Crippen LogP contribution in [0, 0.1) is 18.3 Å². The van der Waals surface area contributed by atoms with Gasteiger partial charge in [0.15, 0.2) is 0 Å². The summed E-state index contributed by atoms with van der Waals surface area (Å²) < 4.78 is 38.7. The van der Waals surface area contributed by atoms with E-state index in [4.69, 9.17) is 9.47 Å². The standard InChI is InChI=1S/C36H34N4O5S/c1-26-35(39-46(2,42)43)6-3-7-36(26)40(22-28-10-8-27(20-37)9-11-28)23-29-12-14-32(15-13-29)45-34-18-31(24-41)17-33(19-34)44-25-30-5-4-16-38-21-30/h3-19,21,39,41H,22-25H2,1-2H3. The molecule has 46 heavy (non-hydrogen) atoms. The van der Waals surface area contributed by atoms with Gasteiger partial charge < -0.3 is 19.5 Å². The van der Waals surface area contributed by atoms with E-state index in [9.17, 15) is 18.8 Å². The Bertz CT molecular complexity index is 1930. The maximum atomic E-state index is 12.0. The van der Waals surface area contributed by atoms with Crippen molar-refractivity contribution in [3.63, 3.8) is 0 Å². The number of pyridine rings is 1. The van der Waals surface area contributed by atoms with Crippen molar-refractivity contribution in [2.75, 3.05) is 15.9 Å². The maximum Gasteiger partial charge on any atom is 0.229 e. The molecule has 5 rings (SSSR count). The molecule has 4 aromatic carbocycles. The van der Waals surface area contributed by atoms with Crippen LogP contribution in [0.1, 0.15) is 33.4 Å². The van der Waals surface area contributed by atoms with Crippen molar-refractivity contribution in [1.29, 1.82) is 5.26 Å². The summed E-state index contributed by atoms with van der Waals surface area (Å²) in [4.78, 5) is 6.27. The normalized spacial score (nSPS) is 11.0. The topological polar surface area (TPSA) is 125 Å². The second-order valence-electron chi connectivity index (χ2n) is 10.9. The fourth-order valence-electron chi connectivity index (χ4n) is 4.94. The van der Waals surface area contributed by atoms with E-state index in [0.717, 1.165) is 34.2 Å². The number of hydrogen-bond acceptors (Lipinski definition) is 8. The summed E-state index contributed by atoms with van der Waals surface area (Å²) in [6, 6.07) is 31.9. The van der Waals surface area contributed by atoms with Crippen molar-refractivity contribution in [3.8, 4) is 23.3 Å². The minimum atomic E-state index is -3.46. The molecule has 1 heterocycles. The average Bonchev–Trinajstić information content (AvgIpc) is 3.05. The number of anilines is 2. The summed E-state index contributed by atoms with van der Waals surface area (Å²) in [5, 5.41) is 19.0. The third kappa shape index (κ3) is 8.85. The fourth-order valence-corrected chi connectivity index (χ4v) is 5.56. The first-order chi connectivity index (χ1) is 22.2. The van der Waals surface area contributed by atoms with Gasteiger partial charge in [-0.15, -0.1) is 0 Å². The molecule has 0 atom stereocenters. The zero-order chi connectivity index (χ0) is 32.5. The van der Waals surface area contributed by atoms with E-state index in [-0.39, 0.29) is 6.61 Å². The van der Waals surface area contributed by atoms with Crippen LogP contribution in [-0.2, 0) is 36.3 Å². The minimum absolute atomic E-state index is 0.158. The monoisotopic (exact) mass is 634 g/mol. The summed E-state index contributed by atoms with van der Waals surface area (Å²) >= 11 is 0. The number of nitrogens with zero attached hydrogens (tertiary/aromatic N) is 3. The number of ether oxygens (including phenoxy) is 2. The van der Waals surface area contributed by atoms with Gasteiger partial charge in [0.2, 0.25) is 10.0 Å². The highest BCUT2D eigenvalue weighted by atomic mass is 32.2. The lowest BCUT2D eigenvalue weighted by Gasteiger charge is -2.28. The molecule has 0 aliphatic rings. The molecule has 0 aliphatic heterocycles. The number of sulfonamides is 1. The van der Waals surface area contributed by atoms with Crippen molar-refractivity contribution < 1.29 is 23.0 Å². The number of aromatic nitrogens is 1. The molecule has 10 heteroatoms. The largest absolute Gasteiger partial charge is 0.489 e. The predicted molar refractivity (Wildman–Crippen MR) is 178 cm³/mol. The first kappa shape index (κ1) is 32.0. The summed E-state index contributed by atoms with van der Waals surface area (Å²) in [5.41, 5.74) is 6.37. The number of nitrogens with one attached hydrogen (secondary N) is 1. The SMILES string of the molecule is Cc1c(NS(C)(=O)=O)cccc1N(Cc1ccc(C#N)cc1)Cc1ccc(Oc2cc(CO)cc(OCc3cccnc3)c2)cc1. The number of hydrogen-bond donors (Lipinski definition) is 2. The molecule has 2 N–H and O–H groups in total. The van der Waals surface area contributed by atoms with Crippen molar-refractivity contribution in [2.45, 2.75) is 33.2 Å². The van der Waals surface area contributed by atoms with Gasteiger partial charge in [-0.1, -0.05) is 36.4 Å². The smallest absolute Gasteiger partial charge is 0.229 e. The third-order valence-corrected chi connectivity index (χ3v) is 7.77. The van der Waals surface area contributed by atoms with Gasteiger partial charge >= 0.3 is 0 Å². The number of benzene rings is 4. The molecular weight excluding hydrogens is 600 g/mol. The lowest BCUT2D eigenvalue weighted by molar-refractivity contribution is 0.276. The Morgan fingerprint density at radius 3 is 2.17 bits per heavy atom. The van der Waals surface area contributed by atoms with Crippen LogP contribution in [0.25, 0.3) is 0 Å². The van der Waals surface area contributed by atoms with Crippen LogP contribution in [0.15, 0.2) is 109 Å². The molecule has 0 saturated heterocycles. The van der Waals surface area contributed by atoms with E-state index in [0.29, 0.717) is 53.8 Å². The first-order valence-electron chi connectivity index (χ1n) is 14.5. The van der Waals surface area contributed by atoms with E-state index in [1.807, 2.05) is 67.6 Å². The summed E-state index contributed by atoms with van der Waals surface area (Å²) in [6.45, 7) is 3.12. The highest BCUT2D eigenvalue weighted by molar-refractivity contribution is 7.92. The maximum absolute atomic E-state index is 12.0. The van der Waals surface area contributed by atoms with Crippen LogP contribution >= 0.6 is 0 Å². The van der Waals surface area contributed by atoms with Crippen molar-refractivity contribution in [1.82, 2.24) is 4.98 Å². The molecule has 0 saturated carbocycles. The Labute approximate surface area is 269 Å². The Morgan fingerprint density at radius 1 is 0.848 bits per heavy atom. The van der Waals surface area contributed by atoms with Crippen LogP contribution < -0.4 is 19.1 Å².